The molecule has 1 amide bonds. The Morgan fingerprint density at radius 2 is 2.00 bits per heavy atom. The third-order valence-electron chi connectivity index (χ3n) is 4.30. The van der Waals surface area contributed by atoms with Crippen molar-refractivity contribution in [1.82, 2.24) is 14.5 Å². The second-order valence-corrected chi connectivity index (χ2v) is 7.50. The van der Waals surface area contributed by atoms with Gasteiger partial charge in [-0.15, -0.1) is 0 Å². The van der Waals surface area contributed by atoms with E-state index >= 15 is 0 Å². The van der Waals surface area contributed by atoms with Crippen LogP contribution in [0.2, 0.25) is 0 Å². The van der Waals surface area contributed by atoms with Gasteiger partial charge in [0.25, 0.3) is 0 Å². The van der Waals surface area contributed by atoms with Gasteiger partial charge in [0.2, 0.25) is 0 Å². The predicted octanol–water partition coefficient (Wildman–Crippen LogP) is 3.85. The third-order valence-corrected chi connectivity index (χ3v) is 4.30. The van der Waals surface area contributed by atoms with E-state index in [0.29, 0.717) is 42.4 Å². The Morgan fingerprint density at radius 1 is 1.24 bits per heavy atom. The van der Waals surface area contributed by atoms with E-state index in [-0.39, 0.29) is 6.61 Å². The molecule has 0 aliphatic carbocycles. The van der Waals surface area contributed by atoms with E-state index in [4.69, 9.17) is 14.5 Å². The van der Waals surface area contributed by atoms with E-state index < -0.39 is 11.7 Å². The maximum Gasteiger partial charge on any atom is 0.412 e. The molecule has 0 unspecified atom stereocenters. The van der Waals surface area contributed by atoms with Crippen molar-refractivity contribution in [3.05, 3.63) is 30.1 Å². The molecule has 3 rings (SSSR count). The van der Waals surface area contributed by atoms with Crippen LogP contribution in [0.25, 0.3) is 21.9 Å². The van der Waals surface area contributed by atoms with Crippen LogP contribution in [0, 0.1) is 0 Å². The summed E-state index contributed by atoms with van der Waals surface area (Å²) in [6.07, 6.45) is 0.159. The highest BCUT2D eigenvalue weighted by Gasteiger charge is 2.23. The van der Waals surface area contributed by atoms with E-state index in [1.54, 1.807) is 13.8 Å². The number of imidazole rings is 1. The lowest BCUT2D eigenvalue weighted by atomic mass is 10.1. The first-order valence-electron chi connectivity index (χ1n) is 9.85. The number of fused-ring (bicyclic) bond motifs is 3. The van der Waals surface area contributed by atoms with E-state index in [9.17, 15) is 9.90 Å². The second kappa shape index (κ2) is 8.75. The van der Waals surface area contributed by atoms with Crippen molar-refractivity contribution < 1.29 is 19.4 Å². The van der Waals surface area contributed by atoms with Crippen molar-refractivity contribution in [2.75, 3.05) is 18.5 Å². The highest BCUT2D eigenvalue weighted by Crippen LogP contribution is 2.31. The molecule has 0 fully saturated rings. The summed E-state index contributed by atoms with van der Waals surface area (Å²) >= 11 is 0. The predicted molar refractivity (Wildman–Crippen MR) is 112 cm³/mol. The molecule has 0 aliphatic rings. The number of carbonyl (C=O) groups is 1. The Kier molecular flexibility index (Phi) is 6.34. The Morgan fingerprint density at radius 3 is 2.69 bits per heavy atom. The number of amides is 1. The van der Waals surface area contributed by atoms with Gasteiger partial charge in [-0.25, -0.2) is 14.8 Å². The standard InChI is InChI=1S/C21H28N4O4/c1-5-11-29-20(26)24-19-17-18(14-9-7-8-10-15(14)22-19)25(13-21(3,4)27)16(23-17)12-28-6-2/h7-10,27H,5-6,11-13H2,1-4H3,(H,22,24,26). The van der Waals surface area contributed by atoms with E-state index in [0.717, 1.165) is 17.3 Å². The van der Waals surface area contributed by atoms with Gasteiger partial charge in [-0.2, -0.15) is 0 Å². The molecule has 3 aromatic rings. The van der Waals surface area contributed by atoms with Crippen molar-refractivity contribution >= 4 is 33.8 Å². The van der Waals surface area contributed by atoms with E-state index in [1.807, 2.05) is 42.7 Å². The fraction of sp³-hybridized carbons (Fsp3) is 0.476. The zero-order valence-corrected chi connectivity index (χ0v) is 17.4. The van der Waals surface area contributed by atoms with Crippen LogP contribution >= 0.6 is 0 Å². The molecular formula is C21H28N4O4. The molecule has 2 N–H and O–H groups in total. The lowest BCUT2D eigenvalue weighted by Crippen LogP contribution is -2.27. The molecule has 0 saturated carbocycles. The summed E-state index contributed by atoms with van der Waals surface area (Å²) in [4.78, 5) is 21.5. The second-order valence-electron chi connectivity index (χ2n) is 7.50. The van der Waals surface area contributed by atoms with Gasteiger partial charge in [-0.05, 0) is 33.3 Å². The van der Waals surface area contributed by atoms with Crippen molar-refractivity contribution in [3.8, 4) is 0 Å². The van der Waals surface area contributed by atoms with Gasteiger partial charge in [0, 0.05) is 12.0 Å². The normalized spacial score (nSPS) is 11.9. The summed E-state index contributed by atoms with van der Waals surface area (Å²) in [5.41, 5.74) is 1.08. The van der Waals surface area contributed by atoms with Gasteiger partial charge in [0.15, 0.2) is 5.82 Å². The minimum absolute atomic E-state index is 0.287. The van der Waals surface area contributed by atoms with Crippen LogP contribution in [0.15, 0.2) is 24.3 Å². The van der Waals surface area contributed by atoms with E-state index in [1.165, 1.54) is 0 Å². The molecule has 1 aromatic carbocycles. The van der Waals surface area contributed by atoms with Gasteiger partial charge in [-0.3, -0.25) is 5.32 Å². The van der Waals surface area contributed by atoms with Crippen molar-refractivity contribution in [1.29, 1.82) is 0 Å². The summed E-state index contributed by atoms with van der Waals surface area (Å²) < 4.78 is 12.7. The summed E-state index contributed by atoms with van der Waals surface area (Å²) in [6.45, 7) is 8.80. The quantitative estimate of drug-likeness (QED) is 0.596. The average Bonchev–Trinajstić information content (AvgIpc) is 3.02. The largest absolute Gasteiger partial charge is 0.449 e. The van der Waals surface area contributed by atoms with Gasteiger partial charge >= 0.3 is 6.09 Å². The molecule has 2 heterocycles. The smallest absolute Gasteiger partial charge is 0.412 e. The van der Waals surface area contributed by atoms with Crippen LogP contribution in [0.4, 0.5) is 10.6 Å². The van der Waals surface area contributed by atoms with E-state index in [2.05, 4.69) is 10.3 Å². The van der Waals surface area contributed by atoms with Crippen LogP contribution in [0.1, 0.15) is 39.9 Å². The maximum absolute atomic E-state index is 12.2. The summed E-state index contributed by atoms with van der Waals surface area (Å²) in [7, 11) is 0. The van der Waals surface area contributed by atoms with Crippen molar-refractivity contribution in [3.63, 3.8) is 0 Å². The average molecular weight is 400 g/mol. The van der Waals surface area contributed by atoms with Crippen LogP contribution in [0.5, 0.6) is 0 Å². The minimum Gasteiger partial charge on any atom is -0.449 e. The van der Waals surface area contributed by atoms with Crippen LogP contribution in [-0.4, -0.2) is 44.5 Å². The van der Waals surface area contributed by atoms with Gasteiger partial charge in [-0.1, -0.05) is 25.1 Å². The van der Waals surface area contributed by atoms with Gasteiger partial charge < -0.3 is 19.1 Å². The fourth-order valence-corrected chi connectivity index (χ4v) is 3.16. The third kappa shape index (κ3) is 4.83. The number of hydrogen-bond acceptors (Lipinski definition) is 6. The first-order valence-corrected chi connectivity index (χ1v) is 9.85. The van der Waals surface area contributed by atoms with Gasteiger partial charge in [0.05, 0.1) is 29.8 Å². The van der Waals surface area contributed by atoms with Crippen LogP contribution in [0.3, 0.4) is 0 Å². The lowest BCUT2D eigenvalue weighted by molar-refractivity contribution is 0.0582. The Balaban J connectivity index is 2.21. The van der Waals surface area contributed by atoms with Crippen molar-refractivity contribution in [2.45, 2.75) is 52.9 Å². The monoisotopic (exact) mass is 400 g/mol. The minimum atomic E-state index is -0.966. The molecule has 0 radical (unpaired) electrons. The maximum atomic E-state index is 12.2. The van der Waals surface area contributed by atoms with Crippen molar-refractivity contribution in [2.24, 2.45) is 0 Å². The molecule has 0 saturated heterocycles. The molecule has 29 heavy (non-hydrogen) atoms. The van der Waals surface area contributed by atoms with Gasteiger partial charge in [0.1, 0.15) is 17.9 Å². The summed E-state index contributed by atoms with van der Waals surface area (Å²) in [5.74, 6) is 0.985. The Hall–Kier alpha value is -2.71. The number of nitrogens with zero attached hydrogens (tertiary/aromatic N) is 3. The number of aliphatic hydroxyl groups is 1. The molecule has 8 heteroatoms. The number of benzene rings is 1. The highest BCUT2D eigenvalue weighted by atomic mass is 16.5. The summed E-state index contributed by atoms with van der Waals surface area (Å²) in [6, 6.07) is 7.64. The number of anilines is 1. The topological polar surface area (TPSA) is 98.5 Å². The number of aromatic nitrogens is 3. The number of para-hydroxylation sites is 1. The molecule has 0 spiro atoms. The molecule has 0 aliphatic heterocycles. The first kappa shape index (κ1) is 21.0. The molecule has 8 nitrogen and oxygen atoms in total. The Labute approximate surface area is 169 Å². The number of rotatable bonds is 8. The lowest BCUT2D eigenvalue weighted by Gasteiger charge is -2.20. The molecule has 0 atom stereocenters. The molecule has 2 aromatic heterocycles. The Bertz CT molecular complexity index is 1010. The van der Waals surface area contributed by atoms with Crippen LogP contribution < -0.4 is 5.32 Å². The van der Waals surface area contributed by atoms with Crippen LogP contribution in [-0.2, 0) is 22.6 Å². The number of carbonyl (C=O) groups excluding carboxylic acids is 1. The number of ether oxygens (including phenoxy) is 2. The zero-order valence-electron chi connectivity index (χ0n) is 17.4. The number of pyridine rings is 1. The molecule has 156 valence electrons. The first-order chi connectivity index (χ1) is 13.8. The highest BCUT2D eigenvalue weighted by molar-refractivity contribution is 6.09. The molecular weight excluding hydrogens is 372 g/mol. The number of nitrogens with one attached hydrogen (secondary N) is 1. The molecule has 0 bridgehead atoms. The fourth-order valence-electron chi connectivity index (χ4n) is 3.16. The number of hydrogen-bond donors (Lipinski definition) is 2. The zero-order chi connectivity index (χ0) is 21.0. The SMILES string of the molecule is CCCOC(=O)Nc1nc2ccccc2c2c1nc(COCC)n2CC(C)(C)O. The summed E-state index contributed by atoms with van der Waals surface area (Å²) in [5, 5.41) is 14.1.